The Hall–Kier alpha value is -2.20. The van der Waals surface area contributed by atoms with Gasteiger partial charge in [0.15, 0.2) is 5.54 Å². The number of amides is 2. The predicted molar refractivity (Wildman–Crippen MR) is 94.6 cm³/mol. The average molecular weight is 359 g/mol. The fourth-order valence-electron chi connectivity index (χ4n) is 3.28. The van der Waals surface area contributed by atoms with Crippen LogP contribution in [0, 0.1) is 11.3 Å². The van der Waals surface area contributed by atoms with Crippen LogP contribution in [0.2, 0.25) is 0 Å². The minimum absolute atomic E-state index is 0.118. The van der Waals surface area contributed by atoms with Crippen LogP contribution >= 0.6 is 11.8 Å². The van der Waals surface area contributed by atoms with E-state index in [9.17, 15) is 14.9 Å². The number of hydrogen-bond donors (Lipinski definition) is 1. The van der Waals surface area contributed by atoms with Crippen molar-refractivity contribution in [2.45, 2.75) is 49.7 Å². The summed E-state index contributed by atoms with van der Waals surface area (Å²) >= 11 is 1.58. The van der Waals surface area contributed by atoms with E-state index in [1.54, 1.807) is 37.4 Å². The lowest BCUT2D eigenvalue weighted by molar-refractivity contribution is -0.134. The van der Waals surface area contributed by atoms with E-state index >= 15 is 0 Å². The van der Waals surface area contributed by atoms with E-state index in [0.717, 1.165) is 0 Å². The highest BCUT2D eigenvalue weighted by atomic mass is 32.2. The second-order valence-corrected chi connectivity index (χ2v) is 8.46. The van der Waals surface area contributed by atoms with Crippen molar-refractivity contribution >= 4 is 23.8 Å². The minimum Gasteiger partial charge on any atom is -0.444 e. The van der Waals surface area contributed by atoms with E-state index in [4.69, 9.17) is 4.74 Å². The molecule has 7 heteroatoms. The van der Waals surface area contributed by atoms with Crippen LogP contribution in [-0.2, 0) is 15.1 Å². The SMILES string of the molecule is CC(C)(C)OC(=O)N[C@]1(c2ccccc2)C[C@@H]2SC[C@@H](C#N)N2C1=O. The zero-order chi connectivity index (χ0) is 18.2. The van der Waals surface area contributed by atoms with Gasteiger partial charge in [0, 0.05) is 12.2 Å². The summed E-state index contributed by atoms with van der Waals surface area (Å²) in [6, 6.07) is 10.9. The van der Waals surface area contributed by atoms with Crippen molar-refractivity contribution in [2.75, 3.05) is 5.75 Å². The third kappa shape index (κ3) is 3.19. The number of carbonyl (C=O) groups excluding carboxylic acids is 2. The lowest BCUT2D eigenvalue weighted by Gasteiger charge is -2.31. The lowest BCUT2D eigenvalue weighted by Crippen LogP contribution is -2.53. The molecule has 0 radical (unpaired) electrons. The van der Waals surface area contributed by atoms with E-state index in [2.05, 4.69) is 11.4 Å². The molecule has 0 spiro atoms. The fourth-order valence-corrected chi connectivity index (χ4v) is 4.69. The second-order valence-electron chi connectivity index (χ2n) is 7.25. The van der Waals surface area contributed by atoms with E-state index in [-0.39, 0.29) is 11.3 Å². The van der Waals surface area contributed by atoms with Gasteiger partial charge in [-0.3, -0.25) is 4.79 Å². The number of thioether (sulfide) groups is 1. The Morgan fingerprint density at radius 1 is 1.40 bits per heavy atom. The van der Waals surface area contributed by atoms with Crippen molar-refractivity contribution in [1.29, 1.82) is 5.26 Å². The molecule has 0 aromatic heterocycles. The third-order valence-corrected chi connectivity index (χ3v) is 5.59. The number of hydrogen-bond acceptors (Lipinski definition) is 5. The number of nitrogens with zero attached hydrogens (tertiary/aromatic N) is 2. The summed E-state index contributed by atoms with van der Waals surface area (Å²) in [5.74, 6) is 0.357. The zero-order valence-corrected chi connectivity index (χ0v) is 15.3. The number of nitriles is 1. The summed E-state index contributed by atoms with van der Waals surface area (Å²) in [5, 5.41) is 12.0. The van der Waals surface area contributed by atoms with Crippen molar-refractivity contribution in [1.82, 2.24) is 10.2 Å². The van der Waals surface area contributed by atoms with Crippen molar-refractivity contribution in [3.05, 3.63) is 35.9 Å². The maximum absolute atomic E-state index is 13.3. The Bertz CT molecular complexity index is 725. The largest absolute Gasteiger partial charge is 0.444 e. The predicted octanol–water partition coefficient (Wildman–Crippen LogP) is 2.60. The second kappa shape index (κ2) is 6.26. The smallest absolute Gasteiger partial charge is 0.408 e. The summed E-state index contributed by atoms with van der Waals surface area (Å²) in [6.07, 6.45) is -0.220. The molecule has 3 rings (SSSR count). The first-order valence-corrected chi connectivity index (χ1v) is 9.22. The Labute approximate surface area is 151 Å². The van der Waals surface area contributed by atoms with E-state index in [0.29, 0.717) is 17.7 Å². The average Bonchev–Trinajstić information content (AvgIpc) is 3.05. The van der Waals surface area contributed by atoms with Gasteiger partial charge in [0.05, 0.1) is 11.4 Å². The van der Waals surface area contributed by atoms with Gasteiger partial charge < -0.3 is 15.0 Å². The van der Waals surface area contributed by atoms with Gasteiger partial charge in [0.25, 0.3) is 5.91 Å². The molecule has 1 aromatic carbocycles. The number of alkyl carbamates (subject to hydrolysis) is 1. The van der Waals surface area contributed by atoms with E-state index in [1.165, 1.54) is 0 Å². The number of nitrogens with one attached hydrogen (secondary N) is 1. The Morgan fingerprint density at radius 3 is 2.68 bits per heavy atom. The monoisotopic (exact) mass is 359 g/mol. The maximum atomic E-state index is 13.3. The highest BCUT2D eigenvalue weighted by Crippen LogP contribution is 2.46. The normalized spacial score (nSPS) is 28.4. The number of fused-ring (bicyclic) bond motifs is 1. The molecule has 132 valence electrons. The highest BCUT2D eigenvalue weighted by molar-refractivity contribution is 8.00. The first-order valence-electron chi connectivity index (χ1n) is 8.17. The molecular weight excluding hydrogens is 338 g/mol. The van der Waals surface area contributed by atoms with Gasteiger partial charge in [-0.1, -0.05) is 30.3 Å². The number of rotatable bonds is 2. The molecule has 0 saturated carbocycles. The minimum atomic E-state index is -1.20. The molecule has 25 heavy (non-hydrogen) atoms. The molecule has 3 atom stereocenters. The zero-order valence-electron chi connectivity index (χ0n) is 14.5. The van der Waals surface area contributed by atoms with Crippen molar-refractivity contribution in [2.24, 2.45) is 0 Å². The van der Waals surface area contributed by atoms with Gasteiger partial charge in [-0.2, -0.15) is 5.26 Å². The summed E-state index contributed by atoms with van der Waals surface area (Å²) in [4.78, 5) is 27.3. The van der Waals surface area contributed by atoms with Crippen LogP contribution in [0.15, 0.2) is 30.3 Å². The number of ether oxygens (including phenoxy) is 1. The van der Waals surface area contributed by atoms with Crippen LogP contribution < -0.4 is 5.32 Å². The van der Waals surface area contributed by atoms with Crippen LogP contribution in [0.25, 0.3) is 0 Å². The maximum Gasteiger partial charge on any atom is 0.408 e. The van der Waals surface area contributed by atoms with Crippen molar-refractivity contribution < 1.29 is 14.3 Å². The lowest BCUT2D eigenvalue weighted by atomic mass is 9.88. The van der Waals surface area contributed by atoms with Gasteiger partial charge in [-0.25, -0.2) is 4.79 Å². The first-order chi connectivity index (χ1) is 11.8. The summed E-state index contributed by atoms with van der Waals surface area (Å²) in [7, 11) is 0. The molecule has 0 bridgehead atoms. The van der Waals surface area contributed by atoms with Crippen LogP contribution in [0.3, 0.4) is 0 Å². The number of carbonyl (C=O) groups is 2. The molecular formula is C18H21N3O3S. The van der Waals surface area contributed by atoms with Crippen LogP contribution in [0.4, 0.5) is 4.79 Å². The van der Waals surface area contributed by atoms with Crippen LogP contribution in [0.5, 0.6) is 0 Å². The Balaban J connectivity index is 1.97. The molecule has 0 unspecified atom stereocenters. The summed E-state index contributed by atoms with van der Waals surface area (Å²) < 4.78 is 5.38. The van der Waals surface area contributed by atoms with Crippen LogP contribution in [0.1, 0.15) is 32.8 Å². The Kier molecular flexibility index (Phi) is 4.41. The molecule has 2 fully saturated rings. The van der Waals surface area contributed by atoms with Crippen LogP contribution in [-0.4, -0.2) is 39.7 Å². The van der Waals surface area contributed by atoms with Crippen molar-refractivity contribution in [3.8, 4) is 6.07 Å². The molecule has 2 amide bonds. The molecule has 1 aromatic rings. The van der Waals surface area contributed by atoms with Crippen molar-refractivity contribution in [3.63, 3.8) is 0 Å². The summed E-state index contributed by atoms with van der Waals surface area (Å²) in [6.45, 7) is 5.33. The standard InChI is InChI=1S/C18H21N3O3S/c1-17(2,3)24-16(23)20-18(12-7-5-4-6-8-12)9-14-21(15(18)22)13(10-19)11-25-14/h4-8,13-14H,9,11H2,1-3H3,(H,20,23)/t13-,14+,18+/m1/s1. The van der Waals surface area contributed by atoms with E-state index < -0.39 is 23.3 Å². The molecule has 2 heterocycles. The topological polar surface area (TPSA) is 82.4 Å². The van der Waals surface area contributed by atoms with E-state index in [1.807, 2.05) is 30.3 Å². The summed E-state index contributed by atoms with van der Waals surface area (Å²) in [5.41, 5.74) is -1.15. The molecule has 2 saturated heterocycles. The Morgan fingerprint density at radius 2 is 2.08 bits per heavy atom. The quantitative estimate of drug-likeness (QED) is 0.878. The highest BCUT2D eigenvalue weighted by Gasteiger charge is 2.58. The van der Waals surface area contributed by atoms with Gasteiger partial charge in [0.2, 0.25) is 0 Å². The fraction of sp³-hybridized carbons (Fsp3) is 0.500. The molecule has 2 aliphatic heterocycles. The van der Waals surface area contributed by atoms with Gasteiger partial charge in [-0.15, -0.1) is 11.8 Å². The van der Waals surface area contributed by atoms with Gasteiger partial charge >= 0.3 is 6.09 Å². The van der Waals surface area contributed by atoms with Gasteiger partial charge in [-0.05, 0) is 26.3 Å². The molecule has 6 nitrogen and oxygen atoms in total. The molecule has 0 aliphatic carbocycles. The number of benzene rings is 1. The molecule has 1 N–H and O–H groups in total. The molecule has 2 aliphatic rings. The first kappa shape index (κ1) is 17.6. The third-order valence-electron chi connectivity index (χ3n) is 4.30. The van der Waals surface area contributed by atoms with Gasteiger partial charge in [0.1, 0.15) is 11.6 Å².